The van der Waals surface area contributed by atoms with E-state index >= 15 is 0 Å². The quantitative estimate of drug-likeness (QED) is 0.0655. The number of anilines is 4. The number of nitrogens with one attached hydrogen (secondary N) is 1. The van der Waals surface area contributed by atoms with Crippen molar-refractivity contribution in [3.8, 4) is 23.0 Å². The predicted molar refractivity (Wildman–Crippen MR) is 262 cm³/mol. The van der Waals surface area contributed by atoms with Gasteiger partial charge in [-0.3, -0.25) is 24.3 Å². The lowest BCUT2D eigenvalue weighted by molar-refractivity contribution is -0.137. The van der Waals surface area contributed by atoms with Gasteiger partial charge in [0.15, 0.2) is 23.0 Å². The molecule has 1 unspecified atom stereocenters. The molecule has 5 aromatic carbocycles. The Morgan fingerprint density at radius 3 is 2.03 bits per heavy atom. The van der Waals surface area contributed by atoms with Gasteiger partial charge in [0.1, 0.15) is 13.2 Å². The van der Waals surface area contributed by atoms with Crippen LogP contribution in [0.15, 0.2) is 96.0 Å². The first-order valence-corrected chi connectivity index (χ1v) is 23.3. The molecular weight excluding hydrogens is 883 g/mol. The largest absolute Gasteiger partial charge is 0.493 e. The molecule has 0 spiro atoms. The third-order valence-corrected chi connectivity index (χ3v) is 12.8. The summed E-state index contributed by atoms with van der Waals surface area (Å²) < 4.78 is 41.3. The third-order valence-electron chi connectivity index (χ3n) is 12.8. The molecule has 9 rings (SSSR count). The first-order valence-electron chi connectivity index (χ1n) is 23.3. The van der Waals surface area contributed by atoms with Crippen molar-refractivity contribution in [1.29, 1.82) is 0 Å². The molecule has 5 aromatic rings. The van der Waals surface area contributed by atoms with Crippen LogP contribution in [0.25, 0.3) is 0 Å². The Bertz CT molecular complexity index is 2730. The van der Waals surface area contributed by atoms with E-state index in [9.17, 15) is 19.5 Å². The fraction of sp³-hybridized carbons (Fsp3) is 0.358. The van der Waals surface area contributed by atoms with Crippen LogP contribution in [0.2, 0.25) is 0 Å². The molecule has 0 aromatic heterocycles. The molecule has 0 bridgehead atoms. The molecule has 4 heterocycles. The van der Waals surface area contributed by atoms with Crippen molar-refractivity contribution in [3.05, 3.63) is 124 Å². The van der Waals surface area contributed by atoms with Gasteiger partial charge in [-0.05, 0) is 77.6 Å². The lowest BCUT2D eigenvalue weighted by Crippen LogP contribution is -2.39. The van der Waals surface area contributed by atoms with E-state index in [4.69, 9.17) is 38.2 Å². The average molecular weight is 940 g/mol. The van der Waals surface area contributed by atoms with Gasteiger partial charge in [-0.25, -0.2) is 0 Å². The Labute approximate surface area is 401 Å². The van der Waals surface area contributed by atoms with Crippen molar-refractivity contribution in [2.45, 2.75) is 51.0 Å². The van der Waals surface area contributed by atoms with E-state index in [2.05, 4.69) is 16.3 Å². The molecule has 0 fully saturated rings. The summed E-state index contributed by atoms with van der Waals surface area (Å²) in [6.45, 7) is 3.83. The standard InChI is InChI=1S/C53H57N5O11/c1-63-17-18-67-20-19-66-16-15-56(14-8-13-51(59)60)38-22-34(32-68-49-28-43-41(26-47(49)64-2)52(61)57-39(30-54-43)24-36-9-4-6-11-45(36)57)21-35(23-38)33-69-50-29-44-42(27-48(50)65-3)53(62)58-40(31-55-44)25-37-10-5-7-12-46(37)58/h4-7,9-12,21-23,26-30,39-40,55H,8,13-20,24-25,31-33H2,1-3H3,(H,59,60)/t39-,40?/m0/s1. The fourth-order valence-corrected chi connectivity index (χ4v) is 9.45. The second-order valence-electron chi connectivity index (χ2n) is 17.3. The van der Waals surface area contributed by atoms with E-state index in [1.807, 2.05) is 77.8 Å². The van der Waals surface area contributed by atoms with Crippen molar-refractivity contribution < 1.29 is 52.6 Å². The fourth-order valence-electron chi connectivity index (χ4n) is 9.45. The van der Waals surface area contributed by atoms with Crippen LogP contribution in [0.3, 0.4) is 0 Å². The maximum atomic E-state index is 14.1. The Morgan fingerprint density at radius 1 is 0.710 bits per heavy atom. The Morgan fingerprint density at radius 2 is 1.33 bits per heavy atom. The van der Waals surface area contributed by atoms with Gasteiger partial charge in [-0.1, -0.05) is 36.4 Å². The number of hydrogen-bond donors (Lipinski definition) is 2. The Balaban J connectivity index is 0.984. The molecule has 360 valence electrons. The van der Waals surface area contributed by atoms with Crippen LogP contribution in [0.1, 0.15) is 55.8 Å². The summed E-state index contributed by atoms with van der Waals surface area (Å²) in [6, 6.07) is 28.7. The molecule has 0 aliphatic carbocycles. The zero-order chi connectivity index (χ0) is 47.9. The second-order valence-corrected chi connectivity index (χ2v) is 17.3. The lowest BCUT2D eigenvalue weighted by atomic mass is 10.1. The molecule has 0 saturated heterocycles. The highest BCUT2D eigenvalue weighted by Gasteiger charge is 2.39. The highest BCUT2D eigenvalue weighted by Crippen LogP contribution is 2.43. The summed E-state index contributed by atoms with van der Waals surface area (Å²) in [7, 11) is 4.71. The topological polar surface area (TPSA) is 170 Å². The number of fused-ring (bicyclic) bond motifs is 8. The number of para-hydroxylation sites is 2. The predicted octanol–water partition coefficient (Wildman–Crippen LogP) is 7.50. The summed E-state index contributed by atoms with van der Waals surface area (Å²) >= 11 is 0. The van der Waals surface area contributed by atoms with Crippen LogP contribution in [-0.4, -0.2) is 115 Å². The van der Waals surface area contributed by atoms with E-state index < -0.39 is 5.97 Å². The summed E-state index contributed by atoms with van der Waals surface area (Å²) in [6.07, 6.45) is 3.66. The SMILES string of the molecule is COCCOCCOCCN(CCCC(=O)O)c1cc(COc2cc3c(cc2OC)C(=O)N2c4ccccc4C[C@H]2C=N3)cc(COc2cc3c(cc2OC)C(=O)N2c4ccccc4CC2CN3)c1. The summed E-state index contributed by atoms with van der Waals surface area (Å²) in [4.78, 5) is 50.4. The molecule has 2 amide bonds. The molecule has 69 heavy (non-hydrogen) atoms. The van der Waals surface area contributed by atoms with E-state index in [1.165, 1.54) is 7.11 Å². The van der Waals surface area contributed by atoms with E-state index in [1.54, 1.807) is 37.3 Å². The number of carbonyl (C=O) groups excluding carboxylic acids is 2. The number of amides is 2. The van der Waals surface area contributed by atoms with E-state index in [0.29, 0.717) is 111 Å². The number of carbonyl (C=O) groups is 3. The van der Waals surface area contributed by atoms with Gasteiger partial charge in [0, 0.05) is 75.0 Å². The first kappa shape index (κ1) is 46.9. The molecule has 0 saturated carbocycles. The molecule has 4 aliphatic rings. The molecule has 4 aliphatic heterocycles. The highest BCUT2D eigenvalue weighted by atomic mass is 16.5. The first-order chi connectivity index (χ1) is 33.7. The average Bonchev–Trinajstić information content (AvgIpc) is 3.85. The Kier molecular flexibility index (Phi) is 14.6. The smallest absolute Gasteiger partial charge is 0.303 e. The number of aliphatic carboxylic acids is 1. The summed E-state index contributed by atoms with van der Waals surface area (Å²) in [5.74, 6) is 0.515. The summed E-state index contributed by atoms with van der Waals surface area (Å²) in [5, 5.41) is 13.1. The molecule has 16 heteroatoms. The van der Waals surface area contributed by atoms with Gasteiger partial charge in [0.25, 0.3) is 11.8 Å². The van der Waals surface area contributed by atoms with Crippen molar-refractivity contribution >= 4 is 52.4 Å². The molecule has 2 N–H and O–H groups in total. The van der Waals surface area contributed by atoms with Crippen LogP contribution in [-0.2, 0) is 45.1 Å². The monoisotopic (exact) mass is 939 g/mol. The van der Waals surface area contributed by atoms with E-state index in [0.717, 1.165) is 45.7 Å². The number of rotatable bonds is 22. The highest BCUT2D eigenvalue weighted by molar-refractivity contribution is 6.15. The van der Waals surface area contributed by atoms with Crippen LogP contribution in [0.5, 0.6) is 23.0 Å². The molecule has 0 radical (unpaired) electrons. The van der Waals surface area contributed by atoms with Gasteiger partial charge in [-0.15, -0.1) is 0 Å². The number of nitrogens with zero attached hydrogens (tertiary/aromatic N) is 4. The third kappa shape index (κ3) is 10.3. The maximum Gasteiger partial charge on any atom is 0.303 e. The maximum absolute atomic E-state index is 14.1. The normalized spacial score (nSPS) is 16.3. The molecular formula is C53H57N5O11. The lowest BCUT2D eigenvalue weighted by Gasteiger charge is -2.26. The minimum absolute atomic E-state index is 0.00271. The number of carboxylic acid groups (broad SMARTS) is 1. The van der Waals surface area contributed by atoms with Gasteiger partial charge >= 0.3 is 5.97 Å². The van der Waals surface area contributed by atoms with Crippen LogP contribution < -0.4 is 39.0 Å². The number of aliphatic imine (C=N–C) groups is 1. The molecule has 2 atom stereocenters. The van der Waals surface area contributed by atoms with Gasteiger partial charge in [0.05, 0.1) is 81.8 Å². The van der Waals surface area contributed by atoms with Crippen molar-refractivity contribution in [1.82, 2.24) is 0 Å². The molecule has 16 nitrogen and oxygen atoms in total. The number of carboxylic acids is 1. The minimum atomic E-state index is -0.877. The van der Waals surface area contributed by atoms with Gasteiger partial charge in [0.2, 0.25) is 0 Å². The number of hydrogen-bond acceptors (Lipinski definition) is 13. The number of methoxy groups -OCH3 is 3. The second kappa shape index (κ2) is 21.4. The van der Waals surface area contributed by atoms with Crippen molar-refractivity contribution in [2.24, 2.45) is 4.99 Å². The number of ether oxygens (including phenoxy) is 7. The van der Waals surface area contributed by atoms with Gasteiger partial charge in [-0.2, -0.15) is 0 Å². The zero-order valence-electron chi connectivity index (χ0n) is 39.1. The van der Waals surface area contributed by atoms with Crippen LogP contribution in [0.4, 0.5) is 28.4 Å². The van der Waals surface area contributed by atoms with Gasteiger partial charge < -0.3 is 53.4 Å². The van der Waals surface area contributed by atoms with Crippen LogP contribution in [0, 0.1) is 0 Å². The van der Waals surface area contributed by atoms with Crippen molar-refractivity contribution in [2.75, 3.05) is 94.0 Å². The zero-order valence-corrected chi connectivity index (χ0v) is 39.1. The van der Waals surface area contributed by atoms with Crippen LogP contribution >= 0.6 is 0 Å². The minimum Gasteiger partial charge on any atom is -0.493 e. The summed E-state index contributed by atoms with van der Waals surface area (Å²) in [5.41, 5.74) is 8.48. The van der Waals surface area contributed by atoms with E-state index in [-0.39, 0.29) is 43.5 Å². The van der Waals surface area contributed by atoms with Crippen molar-refractivity contribution in [3.63, 3.8) is 0 Å². The number of benzene rings is 5. The Hall–Kier alpha value is -7.14.